The van der Waals surface area contributed by atoms with Crippen LogP contribution in [-0.2, 0) is 0 Å². The number of hydrogen-bond acceptors (Lipinski definition) is 1. The summed E-state index contributed by atoms with van der Waals surface area (Å²) in [7, 11) is 0. The highest BCUT2D eigenvalue weighted by Crippen LogP contribution is 1.93. The second-order valence-electron chi connectivity index (χ2n) is 1.98. The summed E-state index contributed by atoms with van der Waals surface area (Å²) in [5, 5.41) is 8.07. The van der Waals surface area contributed by atoms with Crippen molar-refractivity contribution < 1.29 is 0 Å². The molecule has 0 aliphatic carbocycles. The van der Waals surface area contributed by atoms with E-state index in [0.29, 0.717) is 0 Å². The standard InChI is InChI=1S/C11H5N/c12-10-6-2-5-9-11-7-3-1-4-8-11/h1,3-4,7-8H. The van der Waals surface area contributed by atoms with Crippen LogP contribution in [0.4, 0.5) is 0 Å². The van der Waals surface area contributed by atoms with E-state index in [4.69, 9.17) is 5.26 Å². The zero-order chi connectivity index (χ0) is 8.65. The molecular weight excluding hydrogens is 146 g/mol. The second-order valence-corrected chi connectivity index (χ2v) is 1.98. The van der Waals surface area contributed by atoms with E-state index in [1.807, 2.05) is 30.3 Å². The number of nitriles is 1. The lowest BCUT2D eigenvalue weighted by Crippen LogP contribution is -1.68. The lowest BCUT2D eigenvalue weighted by molar-refractivity contribution is 1.55. The summed E-state index contributed by atoms with van der Waals surface area (Å²) in [5.74, 6) is 9.99. The molecule has 0 atom stereocenters. The molecule has 0 aliphatic heterocycles. The minimum Gasteiger partial charge on any atom is -0.183 e. The molecule has 0 N–H and O–H groups in total. The van der Waals surface area contributed by atoms with Gasteiger partial charge >= 0.3 is 0 Å². The highest BCUT2D eigenvalue weighted by atomic mass is 14.2. The van der Waals surface area contributed by atoms with Crippen molar-refractivity contribution in [3.63, 3.8) is 0 Å². The predicted molar refractivity (Wildman–Crippen MR) is 46.7 cm³/mol. The Morgan fingerprint density at radius 2 is 1.67 bits per heavy atom. The first-order valence-corrected chi connectivity index (χ1v) is 3.38. The van der Waals surface area contributed by atoms with E-state index >= 15 is 0 Å². The molecule has 0 aromatic heterocycles. The van der Waals surface area contributed by atoms with Crippen LogP contribution in [0.15, 0.2) is 30.3 Å². The lowest BCUT2D eigenvalue weighted by atomic mass is 10.2. The Labute approximate surface area is 71.6 Å². The molecule has 0 saturated heterocycles. The molecule has 0 unspecified atom stereocenters. The molecule has 0 amide bonds. The van der Waals surface area contributed by atoms with Crippen LogP contribution < -0.4 is 0 Å². The number of benzene rings is 1. The van der Waals surface area contributed by atoms with E-state index in [-0.39, 0.29) is 0 Å². The predicted octanol–water partition coefficient (Wildman–Crippen LogP) is 1.57. The smallest absolute Gasteiger partial charge is 0.153 e. The first kappa shape index (κ1) is 7.93. The van der Waals surface area contributed by atoms with Gasteiger partial charge in [0.15, 0.2) is 6.07 Å². The molecule has 0 bridgehead atoms. The third kappa shape index (κ3) is 2.61. The maximum absolute atomic E-state index is 8.07. The van der Waals surface area contributed by atoms with Crippen molar-refractivity contribution in [2.24, 2.45) is 0 Å². The zero-order valence-electron chi connectivity index (χ0n) is 6.33. The summed E-state index contributed by atoms with van der Waals surface area (Å²) in [6, 6.07) is 11.2. The minimum absolute atomic E-state index is 0.907. The molecule has 12 heavy (non-hydrogen) atoms. The fourth-order valence-electron chi connectivity index (χ4n) is 0.684. The molecule has 0 saturated carbocycles. The number of nitrogens with zero attached hydrogens (tertiary/aromatic N) is 1. The van der Waals surface area contributed by atoms with Crippen LogP contribution in [0.5, 0.6) is 0 Å². The molecule has 0 aliphatic rings. The van der Waals surface area contributed by atoms with Gasteiger partial charge in [0.05, 0.1) is 0 Å². The van der Waals surface area contributed by atoms with Crippen LogP contribution in [0.2, 0.25) is 0 Å². The summed E-state index contributed by atoms with van der Waals surface area (Å²) in [6.45, 7) is 0. The van der Waals surface area contributed by atoms with Crippen LogP contribution in [0.25, 0.3) is 0 Å². The van der Waals surface area contributed by atoms with E-state index in [1.165, 1.54) is 0 Å². The Morgan fingerprint density at radius 3 is 2.33 bits per heavy atom. The van der Waals surface area contributed by atoms with E-state index in [2.05, 4.69) is 23.7 Å². The van der Waals surface area contributed by atoms with E-state index in [9.17, 15) is 0 Å². The molecule has 1 nitrogen and oxygen atoms in total. The Hall–Kier alpha value is -2.17. The lowest BCUT2D eigenvalue weighted by Gasteiger charge is -1.83. The highest BCUT2D eigenvalue weighted by Gasteiger charge is 1.78. The van der Waals surface area contributed by atoms with Gasteiger partial charge in [0.2, 0.25) is 0 Å². The van der Waals surface area contributed by atoms with Gasteiger partial charge in [-0.25, -0.2) is 0 Å². The Morgan fingerprint density at radius 1 is 0.917 bits per heavy atom. The highest BCUT2D eigenvalue weighted by molar-refractivity contribution is 5.41. The molecule has 0 fully saturated rings. The fourth-order valence-corrected chi connectivity index (χ4v) is 0.684. The first-order chi connectivity index (χ1) is 5.93. The SMILES string of the molecule is N#CC#CC#Cc1ccccc1. The van der Waals surface area contributed by atoms with Crippen LogP contribution in [0.1, 0.15) is 5.56 Å². The largest absolute Gasteiger partial charge is 0.183 e. The molecule has 0 radical (unpaired) electrons. The average molecular weight is 151 g/mol. The maximum atomic E-state index is 8.07. The number of hydrogen-bond donors (Lipinski definition) is 0. The van der Waals surface area contributed by atoms with Crippen molar-refractivity contribution in [1.82, 2.24) is 0 Å². The number of rotatable bonds is 0. The fraction of sp³-hybridized carbons (Fsp3) is 0. The first-order valence-electron chi connectivity index (χ1n) is 3.38. The van der Waals surface area contributed by atoms with Crippen LogP contribution in [-0.4, -0.2) is 0 Å². The summed E-state index contributed by atoms with van der Waals surface area (Å²) in [6.07, 6.45) is 0. The summed E-state index contributed by atoms with van der Waals surface area (Å²) in [4.78, 5) is 0. The molecule has 1 aromatic carbocycles. The Bertz CT molecular complexity index is 402. The van der Waals surface area contributed by atoms with Crippen molar-refractivity contribution in [1.29, 1.82) is 5.26 Å². The van der Waals surface area contributed by atoms with Crippen LogP contribution in [0, 0.1) is 35.0 Å². The van der Waals surface area contributed by atoms with Gasteiger partial charge in [-0.1, -0.05) is 24.1 Å². The topological polar surface area (TPSA) is 23.8 Å². The van der Waals surface area contributed by atoms with Gasteiger partial charge in [-0.15, -0.1) is 0 Å². The summed E-state index contributed by atoms with van der Waals surface area (Å²) >= 11 is 0. The van der Waals surface area contributed by atoms with E-state index in [1.54, 1.807) is 6.07 Å². The normalized spacial score (nSPS) is 6.58. The Balaban J connectivity index is 2.76. The minimum atomic E-state index is 0.907. The van der Waals surface area contributed by atoms with Gasteiger partial charge in [-0.05, 0) is 18.1 Å². The van der Waals surface area contributed by atoms with Crippen molar-refractivity contribution in [2.45, 2.75) is 0 Å². The molecule has 1 rings (SSSR count). The molecule has 1 aromatic rings. The third-order valence-corrected chi connectivity index (χ3v) is 1.16. The summed E-state index contributed by atoms with van der Waals surface area (Å²) < 4.78 is 0. The van der Waals surface area contributed by atoms with Crippen molar-refractivity contribution >= 4 is 0 Å². The average Bonchev–Trinajstić information content (AvgIpc) is 2.14. The summed E-state index contributed by atoms with van der Waals surface area (Å²) in [5.41, 5.74) is 0.907. The second kappa shape index (κ2) is 4.62. The van der Waals surface area contributed by atoms with E-state index < -0.39 is 0 Å². The van der Waals surface area contributed by atoms with Crippen molar-refractivity contribution in [2.75, 3.05) is 0 Å². The van der Waals surface area contributed by atoms with Crippen molar-refractivity contribution in [3.05, 3.63) is 35.9 Å². The van der Waals surface area contributed by atoms with Crippen molar-refractivity contribution in [3.8, 4) is 29.8 Å². The molecule has 54 valence electrons. The van der Waals surface area contributed by atoms with Gasteiger partial charge in [0.1, 0.15) is 0 Å². The van der Waals surface area contributed by atoms with Gasteiger partial charge in [-0.2, -0.15) is 5.26 Å². The monoisotopic (exact) mass is 151 g/mol. The zero-order valence-corrected chi connectivity index (χ0v) is 6.33. The quantitative estimate of drug-likeness (QED) is 0.516. The van der Waals surface area contributed by atoms with Crippen LogP contribution >= 0.6 is 0 Å². The van der Waals surface area contributed by atoms with Crippen LogP contribution in [0.3, 0.4) is 0 Å². The Kier molecular flexibility index (Phi) is 3.05. The molecular formula is C11H5N. The van der Waals surface area contributed by atoms with Gasteiger partial charge < -0.3 is 0 Å². The molecule has 0 heterocycles. The van der Waals surface area contributed by atoms with Gasteiger partial charge in [-0.3, -0.25) is 0 Å². The molecule has 0 spiro atoms. The molecule has 1 heteroatoms. The third-order valence-electron chi connectivity index (χ3n) is 1.16. The maximum Gasteiger partial charge on any atom is 0.153 e. The van der Waals surface area contributed by atoms with Gasteiger partial charge in [0.25, 0.3) is 0 Å². The van der Waals surface area contributed by atoms with Gasteiger partial charge in [0, 0.05) is 17.4 Å². The van der Waals surface area contributed by atoms with E-state index in [0.717, 1.165) is 5.56 Å².